The van der Waals surface area contributed by atoms with Crippen molar-refractivity contribution in [1.29, 1.82) is 0 Å². The zero-order valence-corrected chi connectivity index (χ0v) is 8.50. The number of likely N-dealkylation sites (N-methyl/N-ethyl adjacent to an activating group) is 1. The van der Waals surface area contributed by atoms with Crippen molar-refractivity contribution in [2.75, 3.05) is 6.54 Å². The Morgan fingerprint density at radius 3 is 2.43 bits per heavy atom. The number of amides is 2. The first-order valence-corrected chi connectivity index (χ1v) is 4.69. The lowest BCUT2D eigenvalue weighted by atomic mass is 10.1. The SMILES string of the molecule is CCCC(NC=O)C(=O)C(=O)NCC. The van der Waals surface area contributed by atoms with Crippen molar-refractivity contribution in [3.63, 3.8) is 0 Å². The van der Waals surface area contributed by atoms with Gasteiger partial charge in [0.05, 0.1) is 6.04 Å². The zero-order valence-electron chi connectivity index (χ0n) is 8.50. The highest BCUT2D eigenvalue weighted by molar-refractivity contribution is 6.38. The number of hydrogen-bond acceptors (Lipinski definition) is 3. The fourth-order valence-corrected chi connectivity index (χ4v) is 1.07. The summed E-state index contributed by atoms with van der Waals surface area (Å²) in [6.45, 7) is 4.02. The summed E-state index contributed by atoms with van der Waals surface area (Å²) in [5, 5.41) is 4.73. The summed E-state index contributed by atoms with van der Waals surface area (Å²) in [5.74, 6) is -1.22. The lowest BCUT2D eigenvalue weighted by Crippen LogP contribution is -2.44. The Morgan fingerprint density at radius 1 is 1.36 bits per heavy atom. The normalized spacial score (nSPS) is 11.6. The van der Waals surface area contributed by atoms with Crippen LogP contribution in [0.2, 0.25) is 0 Å². The Kier molecular flexibility index (Phi) is 6.36. The van der Waals surface area contributed by atoms with E-state index in [1.807, 2.05) is 6.92 Å². The Labute approximate surface area is 83.2 Å². The molecule has 0 spiro atoms. The first kappa shape index (κ1) is 12.6. The second-order valence-electron chi connectivity index (χ2n) is 2.85. The van der Waals surface area contributed by atoms with E-state index in [-0.39, 0.29) is 0 Å². The van der Waals surface area contributed by atoms with Crippen molar-refractivity contribution in [2.24, 2.45) is 0 Å². The minimum absolute atomic E-state index is 0.407. The molecule has 5 heteroatoms. The lowest BCUT2D eigenvalue weighted by Gasteiger charge is -2.12. The molecule has 0 aromatic heterocycles. The minimum Gasteiger partial charge on any atom is -0.350 e. The molecule has 14 heavy (non-hydrogen) atoms. The van der Waals surface area contributed by atoms with Crippen LogP contribution in [0.15, 0.2) is 0 Å². The second-order valence-corrected chi connectivity index (χ2v) is 2.85. The summed E-state index contributed by atoms with van der Waals surface area (Å²) in [7, 11) is 0. The molecule has 0 rings (SSSR count). The van der Waals surface area contributed by atoms with E-state index < -0.39 is 17.7 Å². The van der Waals surface area contributed by atoms with Gasteiger partial charge in [-0.3, -0.25) is 14.4 Å². The van der Waals surface area contributed by atoms with E-state index >= 15 is 0 Å². The van der Waals surface area contributed by atoms with Crippen molar-refractivity contribution in [1.82, 2.24) is 10.6 Å². The molecule has 1 unspecified atom stereocenters. The van der Waals surface area contributed by atoms with E-state index in [2.05, 4.69) is 10.6 Å². The van der Waals surface area contributed by atoms with E-state index in [1.54, 1.807) is 6.92 Å². The van der Waals surface area contributed by atoms with Crippen LogP contribution in [0.5, 0.6) is 0 Å². The summed E-state index contributed by atoms with van der Waals surface area (Å²) in [6, 6.07) is -0.691. The van der Waals surface area contributed by atoms with E-state index in [9.17, 15) is 14.4 Å². The van der Waals surface area contributed by atoms with Crippen molar-refractivity contribution in [2.45, 2.75) is 32.7 Å². The van der Waals surface area contributed by atoms with Crippen LogP contribution in [0.4, 0.5) is 0 Å². The summed E-state index contributed by atoms with van der Waals surface area (Å²) in [6.07, 6.45) is 1.66. The third-order valence-electron chi connectivity index (χ3n) is 1.72. The Hall–Kier alpha value is -1.39. The van der Waals surface area contributed by atoms with Crippen LogP contribution in [0.1, 0.15) is 26.7 Å². The number of nitrogens with one attached hydrogen (secondary N) is 2. The number of Topliss-reactive ketones (excluding diaryl/α,β-unsaturated/α-hetero) is 1. The highest BCUT2D eigenvalue weighted by Crippen LogP contribution is 1.97. The van der Waals surface area contributed by atoms with Crippen molar-refractivity contribution in [3.8, 4) is 0 Å². The molecule has 0 aliphatic carbocycles. The summed E-state index contributed by atoms with van der Waals surface area (Å²) < 4.78 is 0. The molecular formula is C9H16N2O3. The predicted molar refractivity (Wildman–Crippen MR) is 51.6 cm³/mol. The molecule has 0 saturated heterocycles. The molecule has 0 radical (unpaired) electrons. The Balaban J connectivity index is 4.26. The zero-order chi connectivity index (χ0) is 11.0. The Morgan fingerprint density at radius 2 is 2.00 bits per heavy atom. The second kappa shape index (κ2) is 7.06. The van der Waals surface area contributed by atoms with Crippen molar-refractivity contribution in [3.05, 3.63) is 0 Å². The van der Waals surface area contributed by atoms with Gasteiger partial charge in [-0.1, -0.05) is 13.3 Å². The molecule has 2 amide bonds. The van der Waals surface area contributed by atoms with E-state index in [1.165, 1.54) is 0 Å². The fraction of sp³-hybridized carbons (Fsp3) is 0.667. The van der Waals surface area contributed by atoms with E-state index in [4.69, 9.17) is 0 Å². The number of hydrogen-bond donors (Lipinski definition) is 2. The standard InChI is InChI=1S/C9H16N2O3/c1-3-5-7(11-6-12)8(13)9(14)10-4-2/h6-7H,3-5H2,1-2H3,(H,10,14)(H,11,12). The molecule has 0 fully saturated rings. The first-order chi connectivity index (χ1) is 6.67. The molecule has 5 nitrogen and oxygen atoms in total. The van der Waals surface area contributed by atoms with Gasteiger partial charge >= 0.3 is 0 Å². The van der Waals surface area contributed by atoms with E-state index in [0.717, 1.165) is 6.42 Å². The van der Waals surface area contributed by atoms with Crippen LogP contribution in [-0.2, 0) is 14.4 Å². The average molecular weight is 200 g/mol. The van der Waals surface area contributed by atoms with Gasteiger partial charge in [0.2, 0.25) is 12.2 Å². The maximum atomic E-state index is 11.4. The third kappa shape index (κ3) is 4.02. The lowest BCUT2D eigenvalue weighted by molar-refractivity contribution is -0.139. The van der Waals surface area contributed by atoms with Gasteiger partial charge in [0.15, 0.2) is 0 Å². The quantitative estimate of drug-likeness (QED) is 0.434. The molecule has 1 atom stereocenters. The average Bonchev–Trinajstić information content (AvgIpc) is 2.17. The molecular weight excluding hydrogens is 184 g/mol. The maximum Gasteiger partial charge on any atom is 0.289 e. The van der Waals surface area contributed by atoms with Gasteiger partial charge < -0.3 is 10.6 Å². The number of ketones is 1. The molecule has 0 aliphatic heterocycles. The summed E-state index contributed by atoms with van der Waals surface area (Å²) >= 11 is 0. The van der Waals surface area contributed by atoms with Crippen molar-refractivity contribution >= 4 is 18.1 Å². The van der Waals surface area contributed by atoms with Gasteiger partial charge in [-0.25, -0.2) is 0 Å². The van der Waals surface area contributed by atoms with Gasteiger partial charge in [0.1, 0.15) is 0 Å². The van der Waals surface area contributed by atoms with Gasteiger partial charge in [-0.15, -0.1) is 0 Å². The number of carbonyl (C=O) groups excluding carboxylic acids is 3. The number of rotatable bonds is 7. The van der Waals surface area contributed by atoms with Gasteiger partial charge in [0, 0.05) is 6.54 Å². The molecule has 0 aliphatic rings. The minimum atomic E-state index is -0.691. The molecule has 0 aromatic rings. The topological polar surface area (TPSA) is 75.3 Å². The first-order valence-electron chi connectivity index (χ1n) is 4.69. The van der Waals surface area contributed by atoms with Gasteiger partial charge in [0.25, 0.3) is 5.91 Å². The van der Waals surface area contributed by atoms with Crippen LogP contribution in [-0.4, -0.2) is 30.7 Å². The molecule has 0 heterocycles. The van der Waals surface area contributed by atoms with Crippen molar-refractivity contribution < 1.29 is 14.4 Å². The molecule has 0 saturated carbocycles. The molecule has 0 bridgehead atoms. The molecule has 2 N–H and O–H groups in total. The molecule has 80 valence electrons. The monoisotopic (exact) mass is 200 g/mol. The maximum absolute atomic E-state index is 11.4. The van der Waals surface area contributed by atoms with Crippen LogP contribution in [0, 0.1) is 0 Å². The fourth-order valence-electron chi connectivity index (χ4n) is 1.07. The van der Waals surface area contributed by atoms with Gasteiger partial charge in [-0.05, 0) is 13.3 Å². The number of carbonyl (C=O) groups is 3. The third-order valence-corrected chi connectivity index (χ3v) is 1.72. The smallest absolute Gasteiger partial charge is 0.289 e. The van der Waals surface area contributed by atoms with Crippen LogP contribution >= 0.6 is 0 Å². The van der Waals surface area contributed by atoms with E-state index in [0.29, 0.717) is 19.4 Å². The molecule has 0 aromatic carbocycles. The summed E-state index contributed by atoms with van der Waals surface area (Å²) in [4.78, 5) is 32.7. The highest BCUT2D eigenvalue weighted by atomic mass is 16.2. The Bertz CT molecular complexity index is 216. The largest absolute Gasteiger partial charge is 0.350 e. The van der Waals surface area contributed by atoms with Crippen LogP contribution < -0.4 is 10.6 Å². The van der Waals surface area contributed by atoms with Crippen LogP contribution in [0.25, 0.3) is 0 Å². The predicted octanol–water partition coefficient (Wildman–Crippen LogP) is -0.394. The van der Waals surface area contributed by atoms with Gasteiger partial charge in [-0.2, -0.15) is 0 Å². The van der Waals surface area contributed by atoms with Crippen LogP contribution in [0.3, 0.4) is 0 Å². The highest BCUT2D eigenvalue weighted by Gasteiger charge is 2.23. The summed E-state index contributed by atoms with van der Waals surface area (Å²) in [5.41, 5.74) is 0.